The Kier molecular flexibility index (Phi) is 11.8. The fourth-order valence-corrected chi connectivity index (χ4v) is 1.91. The Labute approximate surface area is 130 Å². The number of carboxylic acid groups (broad SMARTS) is 1. The molecule has 5 heteroatoms. The minimum atomic E-state index is -1.08. The first-order valence-electron chi connectivity index (χ1n) is 7.59. The highest BCUT2D eigenvalue weighted by Crippen LogP contribution is 2.01. The first kappa shape index (κ1) is 21.9. The molecule has 0 amide bonds. The van der Waals surface area contributed by atoms with Crippen LogP contribution in [0.4, 0.5) is 0 Å². The quantitative estimate of drug-likeness (QED) is 0.426. The van der Waals surface area contributed by atoms with E-state index in [1.54, 1.807) is 0 Å². The van der Waals surface area contributed by atoms with E-state index in [1.807, 2.05) is 12.7 Å². The highest BCUT2D eigenvalue weighted by molar-refractivity contribution is 5.68. The molecule has 0 aromatic heterocycles. The molecule has 0 saturated carbocycles. The Balaban J connectivity index is 0. The Morgan fingerprint density at radius 3 is 1.57 bits per heavy atom. The van der Waals surface area contributed by atoms with Crippen LogP contribution >= 0.6 is 0 Å². The van der Waals surface area contributed by atoms with Crippen molar-refractivity contribution in [1.82, 2.24) is 4.90 Å². The standard InChI is InChI=1S/C14H30N3.C2H4O2/c1-11(2)16(12(3)4)9-15-10-17(13(5)6)14(7)8;1-2(3)4/h9-14H,1-8H3;1H3,(H,3,4)/q+1;/p-1. The number of carbonyl (C=O) groups excluding carboxylic acids is 1. The molecule has 0 aromatic rings. The van der Waals surface area contributed by atoms with Crippen molar-refractivity contribution in [3.8, 4) is 0 Å². The largest absolute Gasteiger partial charge is 0.550 e. The van der Waals surface area contributed by atoms with Crippen LogP contribution in [0.5, 0.6) is 0 Å². The van der Waals surface area contributed by atoms with Crippen molar-refractivity contribution in [3.05, 3.63) is 0 Å². The molecule has 5 nitrogen and oxygen atoms in total. The molecule has 0 saturated heterocycles. The Bertz CT molecular complexity index is 323. The third kappa shape index (κ3) is 12.1. The first-order valence-corrected chi connectivity index (χ1v) is 7.59. The van der Waals surface area contributed by atoms with E-state index in [1.165, 1.54) is 0 Å². The maximum atomic E-state index is 8.89. The molecule has 0 fully saturated rings. The monoisotopic (exact) mass is 299 g/mol. The number of hydrogen-bond acceptors (Lipinski definition) is 2. The predicted octanol–water partition coefficient (Wildman–Crippen LogP) is 1.75. The van der Waals surface area contributed by atoms with Gasteiger partial charge >= 0.3 is 0 Å². The first-order chi connectivity index (χ1) is 9.50. The van der Waals surface area contributed by atoms with Gasteiger partial charge in [0.05, 0.1) is 12.1 Å². The van der Waals surface area contributed by atoms with Crippen molar-refractivity contribution in [2.45, 2.75) is 86.5 Å². The number of carboxylic acids is 1. The van der Waals surface area contributed by atoms with Gasteiger partial charge in [0.2, 0.25) is 6.34 Å². The molecule has 21 heavy (non-hydrogen) atoms. The van der Waals surface area contributed by atoms with Crippen molar-refractivity contribution >= 4 is 18.6 Å². The summed E-state index contributed by atoms with van der Waals surface area (Å²) in [5.74, 6) is -1.08. The second-order valence-electron chi connectivity index (χ2n) is 6.14. The van der Waals surface area contributed by atoms with Gasteiger partial charge in [-0.15, -0.1) is 0 Å². The summed E-state index contributed by atoms with van der Waals surface area (Å²) in [6.07, 6.45) is 3.90. The molecule has 124 valence electrons. The summed E-state index contributed by atoms with van der Waals surface area (Å²) < 4.78 is 2.26. The number of nitrogens with zero attached hydrogens (tertiary/aromatic N) is 3. The van der Waals surface area contributed by atoms with Gasteiger partial charge in [0.25, 0.3) is 6.34 Å². The zero-order valence-electron chi connectivity index (χ0n) is 15.1. The average Bonchev–Trinajstić information content (AvgIpc) is 2.25. The number of aliphatic carboxylic acids is 1. The van der Waals surface area contributed by atoms with E-state index in [4.69, 9.17) is 9.90 Å². The van der Waals surface area contributed by atoms with Gasteiger partial charge in [0.1, 0.15) is 0 Å². The highest BCUT2D eigenvalue weighted by Gasteiger charge is 2.12. The maximum absolute atomic E-state index is 8.89. The molecule has 0 bridgehead atoms. The lowest BCUT2D eigenvalue weighted by Crippen LogP contribution is -2.36. The molecule has 0 aliphatic heterocycles. The van der Waals surface area contributed by atoms with E-state index in [9.17, 15) is 0 Å². The summed E-state index contributed by atoms with van der Waals surface area (Å²) in [5, 5.41) is 8.89. The summed E-state index contributed by atoms with van der Waals surface area (Å²) >= 11 is 0. The molecule has 0 N–H and O–H groups in total. The summed E-state index contributed by atoms with van der Waals surface area (Å²) in [7, 11) is 0. The van der Waals surface area contributed by atoms with E-state index < -0.39 is 5.97 Å². The van der Waals surface area contributed by atoms with E-state index in [0.29, 0.717) is 24.2 Å². The van der Waals surface area contributed by atoms with Crippen LogP contribution < -0.4 is 5.11 Å². The molecule has 0 atom stereocenters. The smallest absolute Gasteiger partial charge is 0.283 e. The van der Waals surface area contributed by atoms with Crippen LogP contribution in [-0.4, -0.2) is 52.3 Å². The molecular formula is C16H33N3O2. The summed E-state index contributed by atoms with van der Waals surface area (Å²) in [5.41, 5.74) is 0. The lowest BCUT2D eigenvalue weighted by molar-refractivity contribution is -0.584. The lowest BCUT2D eigenvalue weighted by atomic mass is 10.2. The van der Waals surface area contributed by atoms with Crippen molar-refractivity contribution in [3.63, 3.8) is 0 Å². The topological polar surface area (TPSA) is 58.7 Å². The van der Waals surface area contributed by atoms with E-state index in [0.717, 1.165) is 6.92 Å². The van der Waals surface area contributed by atoms with E-state index in [-0.39, 0.29) is 0 Å². The van der Waals surface area contributed by atoms with Crippen molar-refractivity contribution in [2.24, 2.45) is 4.99 Å². The molecule has 0 aliphatic rings. The predicted molar refractivity (Wildman–Crippen MR) is 87.9 cm³/mol. The SMILES string of the molecule is CC(=O)[O-].CC(C)N(C=NC=[N+](C(C)C)C(C)C)C(C)C. The van der Waals surface area contributed by atoms with Crippen LogP contribution in [0.3, 0.4) is 0 Å². The third-order valence-corrected chi connectivity index (χ3v) is 2.79. The van der Waals surface area contributed by atoms with Gasteiger partial charge < -0.3 is 14.8 Å². The maximum Gasteiger partial charge on any atom is 0.283 e. The fraction of sp³-hybridized carbons (Fsp3) is 0.812. The molecule has 0 aromatic carbocycles. The van der Waals surface area contributed by atoms with Crippen molar-refractivity contribution in [1.29, 1.82) is 0 Å². The highest BCUT2D eigenvalue weighted by atomic mass is 16.4. The minimum Gasteiger partial charge on any atom is -0.550 e. The lowest BCUT2D eigenvalue weighted by Gasteiger charge is -2.25. The minimum absolute atomic E-state index is 0.485. The normalized spacial score (nSPS) is 11.1. The van der Waals surface area contributed by atoms with Gasteiger partial charge in [-0.25, -0.2) is 0 Å². The van der Waals surface area contributed by atoms with Gasteiger partial charge in [-0.05, 0) is 67.3 Å². The van der Waals surface area contributed by atoms with Crippen molar-refractivity contribution in [2.75, 3.05) is 0 Å². The van der Waals surface area contributed by atoms with Crippen LogP contribution in [0.15, 0.2) is 4.99 Å². The molecular weight excluding hydrogens is 266 g/mol. The summed E-state index contributed by atoms with van der Waals surface area (Å²) in [6, 6.07) is 1.94. The number of hydrogen-bond donors (Lipinski definition) is 0. The second-order valence-corrected chi connectivity index (χ2v) is 6.14. The molecule has 0 aliphatic carbocycles. The van der Waals surface area contributed by atoms with Crippen LogP contribution in [0.2, 0.25) is 0 Å². The molecule has 0 unspecified atom stereocenters. The number of aliphatic imine (C=N–C) groups is 1. The average molecular weight is 299 g/mol. The summed E-state index contributed by atoms with van der Waals surface area (Å²) in [6.45, 7) is 18.5. The summed E-state index contributed by atoms with van der Waals surface area (Å²) in [4.78, 5) is 15.6. The van der Waals surface area contributed by atoms with Crippen LogP contribution in [0.25, 0.3) is 0 Å². The van der Waals surface area contributed by atoms with Gasteiger partial charge in [-0.1, -0.05) is 0 Å². The Morgan fingerprint density at radius 1 is 1.00 bits per heavy atom. The fourth-order valence-electron chi connectivity index (χ4n) is 1.91. The van der Waals surface area contributed by atoms with Gasteiger partial charge in [0, 0.05) is 18.1 Å². The number of carbonyl (C=O) groups is 1. The van der Waals surface area contributed by atoms with E-state index >= 15 is 0 Å². The Hall–Kier alpha value is -1.39. The van der Waals surface area contributed by atoms with Crippen molar-refractivity contribution < 1.29 is 14.5 Å². The molecule has 0 rings (SSSR count). The van der Waals surface area contributed by atoms with Gasteiger partial charge in [0.15, 0.2) is 0 Å². The number of rotatable bonds is 6. The van der Waals surface area contributed by atoms with E-state index in [2.05, 4.69) is 69.9 Å². The molecule has 0 heterocycles. The molecule has 0 radical (unpaired) electrons. The second kappa shape index (κ2) is 11.3. The molecule has 0 spiro atoms. The third-order valence-electron chi connectivity index (χ3n) is 2.79. The zero-order valence-corrected chi connectivity index (χ0v) is 15.1. The van der Waals surface area contributed by atoms with Gasteiger partial charge in [-0.3, -0.25) is 4.58 Å². The van der Waals surface area contributed by atoms with Gasteiger partial charge in [-0.2, -0.15) is 0 Å². The van der Waals surface area contributed by atoms with Crippen LogP contribution in [0, 0.1) is 0 Å². The zero-order chi connectivity index (χ0) is 17.2. The van der Waals surface area contributed by atoms with Crippen LogP contribution in [0.1, 0.15) is 62.3 Å². The Morgan fingerprint density at radius 2 is 1.33 bits per heavy atom. The van der Waals surface area contributed by atoms with Crippen LogP contribution in [-0.2, 0) is 4.79 Å².